The van der Waals surface area contributed by atoms with E-state index in [9.17, 15) is 127 Å². The molecule has 0 aromatic heterocycles. The molecule has 12 atom stereocenters. The number of urea groups is 5. The second-order valence-corrected chi connectivity index (χ2v) is 17.5. The predicted octanol–water partition coefficient (Wildman–Crippen LogP) is -18.3. The van der Waals surface area contributed by atoms with E-state index >= 15 is 0 Å². The minimum Gasteiger partial charge on any atom is -0.780 e. The first-order valence-electron chi connectivity index (χ1n) is 23.5. The van der Waals surface area contributed by atoms with Crippen LogP contribution in [0, 0.1) is 14.9 Å². The van der Waals surface area contributed by atoms with Crippen molar-refractivity contribution in [2.45, 2.75) is 105 Å². The number of nitrogens with two attached hydrogens (primary N) is 2. The van der Waals surface area contributed by atoms with Gasteiger partial charge in [-0.25, -0.2) is 34.0 Å². The maximum absolute atomic E-state index is 11.8. The average Bonchev–Trinajstić information content (AvgIpc) is 1.80. The van der Waals surface area contributed by atoms with Crippen LogP contribution in [0.1, 0.15) is 35.0 Å². The molecule has 95 heavy (non-hydrogen) atoms. The molecule has 6 unspecified atom stereocenters. The van der Waals surface area contributed by atoms with Crippen LogP contribution in [0.25, 0.3) is 0 Å². The standard InChI is InChI=1S/C11H16N2O8.C10H16N2O6.C5H8N2O5.2C5H6N2O4.CH4NO5P.CH2O3.CO2.2CH3.2Co.3H2O.H2/c1-20-3-5-7(15)8(16)9(21-5)13-4(10(17)18)2-6(14)12-11(13)19;1-17-4-5-7(14)8(15)9(18-5)12-3-2-6(13)11-10(12)16;6-5(12)7-2(4(10)11)1-3(8)9;2*8-3-1-2(4(9)10)6-5(11)7-3;2-1(3)7-8(4,5)6;2-1-4-3;2-1-3;;;;;;;;/h4-5,7-9,15-16H,2-3H2,1H3,(H,17,18)(H,12,14,19);5,7-9,14-15H,2-4H2,1H3,(H,11,13,16);2H,1H2,(H,8,9)(H,10,11)(H3,6,7,12);2*2H,1H2,(H,9,10)(H2,6,7,8,11);(H2,2,3)(H2,4,5,6);1,3H;;2*1H3;;;3*1H2;1H/q;;;;;;;;2*-1;;;;;;/p-6/t4?,5-,7+,8?,9-;5-,7+,8?,9-;;;;;;;;;;;;;;/m11............../s1/i;;;;;;;;;;;;;;;1+1/hD. The van der Waals surface area contributed by atoms with Gasteiger partial charge in [-0.3, -0.25) is 59.8 Å². The number of imide groups is 4. The van der Waals surface area contributed by atoms with E-state index in [0.29, 0.717) is 4.90 Å². The van der Waals surface area contributed by atoms with Crippen LogP contribution in [-0.2, 0) is 124 Å². The zero-order valence-corrected chi connectivity index (χ0v) is 51.6. The van der Waals surface area contributed by atoms with E-state index in [1.165, 1.54) is 19.1 Å². The number of methoxy groups -OCH3 is 2. The van der Waals surface area contributed by atoms with Gasteiger partial charge < -0.3 is 167 Å². The molecule has 15 amide bonds. The summed E-state index contributed by atoms with van der Waals surface area (Å²) in [7, 11) is -2.40. The van der Waals surface area contributed by atoms with Crippen LogP contribution >= 0.6 is 7.82 Å². The number of hydrogen-bond acceptors (Lipinski definition) is 36. The fraction of sp³-hybridized carbons (Fsp3) is 0.537. The number of ether oxygens (including phenoxy) is 4. The Balaban J connectivity index is -0.000000115. The van der Waals surface area contributed by atoms with Crippen molar-refractivity contribution in [3.05, 3.63) is 14.9 Å². The summed E-state index contributed by atoms with van der Waals surface area (Å²) < 4.78 is 37.5. The Kier molecular flexibility index (Phi) is 56.6. The third-order valence-corrected chi connectivity index (χ3v) is 10.6. The number of aliphatic hydroxyl groups excluding tert-OH is 4. The zero-order chi connectivity index (χ0) is 70.5. The van der Waals surface area contributed by atoms with E-state index in [-0.39, 0.29) is 118 Å². The Hall–Kier alpha value is -8.82. The van der Waals surface area contributed by atoms with Crippen LogP contribution in [0.4, 0.5) is 28.8 Å². The van der Waals surface area contributed by atoms with Crippen molar-refractivity contribution in [3.63, 3.8) is 0 Å². The van der Waals surface area contributed by atoms with Crippen LogP contribution in [0.2, 0.25) is 0 Å². The second kappa shape index (κ2) is 52.5. The fourth-order valence-electron chi connectivity index (χ4n) is 6.66. The van der Waals surface area contributed by atoms with Gasteiger partial charge in [0.1, 0.15) is 44.4 Å². The molecular formula is C41H66Co2N11O40P-8. The summed E-state index contributed by atoms with van der Waals surface area (Å²) in [6.07, 6.45) is -12.3. The Labute approximate surface area is 554 Å². The zero-order valence-electron chi connectivity index (χ0n) is 49.6. The van der Waals surface area contributed by atoms with E-state index in [4.69, 9.17) is 50.6 Å². The molecule has 6 aliphatic rings. The van der Waals surface area contributed by atoms with Crippen molar-refractivity contribution in [1.29, 1.82) is 0 Å². The normalized spacial score (nSPS) is 23.4. The predicted molar refractivity (Wildman–Crippen MR) is 272 cm³/mol. The molecule has 6 aliphatic heterocycles. The molecule has 0 bridgehead atoms. The second-order valence-electron chi connectivity index (χ2n) is 16.4. The molecule has 0 aliphatic carbocycles. The molecule has 51 nitrogen and oxygen atoms in total. The van der Waals surface area contributed by atoms with Gasteiger partial charge in [-0.2, -0.15) is 9.59 Å². The first-order valence-corrected chi connectivity index (χ1v) is 24.5. The van der Waals surface area contributed by atoms with Crippen LogP contribution in [0.5, 0.6) is 0 Å². The fourth-order valence-corrected chi connectivity index (χ4v) is 6.88. The van der Waals surface area contributed by atoms with E-state index in [1.807, 2.05) is 26.6 Å². The molecule has 54 heteroatoms. The van der Waals surface area contributed by atoms with Crippen molar-refractivity contribution < 1.29 is 233 Å². The first-order chi connectivity index (χ1) is 41.8. The molecule has 0 saturated carbocycles. The average molecular weight is 1500 g/mol. The number of phosphoric acid groups is 1. The summed E-state index contributed by atoms with van der Waals surface area (Å²) in [6.45, 7) is 0.140. The number of nitrogens with zero attached hydrogens (tertiary/aromatic N) is 2. The molecule has 6 heterocycles. The number of carboxylic acid groups (broad SMARTS) is 5. The molecule has 6 saturated heterocycles. The van der Waals surface area contributed by atoms with Gasteiger partial charge in [0.15, 0.2) is 12.5 Å². The molecule has 23 N–H and O–H groups in total. The number of nitrogens with one attached hydrogen (secondary N) is 7. The first kappa shape index (κ1) is 102. The van der Waals surface area contributed by atoms with Crippen molar-refractivity contribution in [1.82, 2.24) is 47.0 Å². The maximum atomic E-state index is 11.8. The van der Waals surface area contributed by atoms with Gasteiger partial charge in [0, 0.05) is 62.2 Å². The third kappa shape index (κ3) is 40.8. The Morgan fingerprint density at radius 1 is 0.716 bits per heavy atom. The van der Waals surface area contributed by atoms with Gasteiger partial charge >= 0.3 is 54.8 Å². The molecule has 6 fully saturated rings. The molecule has 6 rings (SSSR count). The number of carboxylic acids is 5. The van der Waals surface area contributed by atoms with E-state index in [0.717, 1.165) is 0 Å². The number of phosphoric ester groups is 1. The number of carbonyl (C=O) groups is 16. The summed E-state index contributed by atoms with van der Waals surface area (Å²) in [5.41, 5.74) is 15.0. The minimum atomic E-state index is -5.20. The monoisotopic (exact) mass is 1500 g/mol. The number of amides is 15. The third-order valence-electron chi connectivity index (χ3n) is 10.2. The van der Waals surface area contributed by atoms with Crippen LogP contribution in [0.15, 0.2) is 0 Å². The van der Waals surface area contributed by atoms with Gasteiger partial charge in [-0.05, 0) is 0 Å². The topological polar surface area (TPSA) is 877 Å². The van der Waals surface area contributed by atoms with E-state index in [2.05, 4.69) is 26.2 Å². The summed E-state index contributed by atoms with van der Waals surface area (Å²) in [4.78, 5) is 207. The number of hydrogen-bond donors (Lipinski definition) is 15. The van der Waals surface area contributed by atoms with Crippen molar-refractivity contribution in [2.24, 2.45) is 11.5 Å². The van der Waals surface area contributed by atoms with Crippen molar-refractivity contribution in [2.75, 3.05) is 34.0 Å². The largest absolute Gasteiger partial charge is 0.780 e. The summed E-state index contributed by atoms with van der Waals surface area (Å²) in [6, 6.07) is -9.92. The summed E-state index contributed by atoms with van der Waals surface area (Å²) in [5.74, 6) is -9.95. The Bertz CT molecular complexity index is 2540. The van der Waals surface area contributed by atoms with Gasteiger partial charge in [0.05, 0.1) is 86.9 Å². The van der Waals surface area contributed by atoms with Crippen LogP contribution in [0.3, 0.4) is 0 Å². The van der Waals surface area contributed by atoms with Crippen molar-refractivity contribution >= 4 is 110 Å². The number of aliphatic carboxylic acids is 5. The van der Waals surface area contributed by atoms with E-state index < -0.39 is 178 Å². The van der Waals surface area contributed by atoms with Gasteiger partial charge in [-0.1, -0.05) is 0 Å². The minimum absolute atomic E-state index is 0. The van der Waals surface area contributed by atoms with Gasteiger partial charge in [0.2, 0.25) is 25.1 Å². The number of primary amides is 2. The SMILES string of the molecule is COC[C@H]1O[C@@H](N2C(=O)NC(=O)CC2C(=O)[O-])C(O)[C@H]1O.COC[C@H]1O[C@@H](N2CCC(=O)NC2=O)C(O)[C@H]1O.NC(=O)NC(CC(=O)O)C(=O)[O-].NC(=O)OP(=O)([O-])[O-].O.O.O=C1CC(C(=O)[O-])NC(=O)N1.O=C1CC(C(=O)[O-])NC(=O)N1.O=C=O.O=COO.[2HH].[2H]O.[CH3-].[CH3-].[Co].[Co]. The molecule has 0 aromatic carbocycles. The van der Waals surface area contributed by atoms with Crippen LogP contribution < -0.4 is 78.9 Å². The molecule has 0 spiro atoms. The number of rotatable bonds is 15. The summed E-state index contributed by atoms with van der Waals surface area (Å²) in [5, 5.41) is 110. The molecule has 2 radical (unpaired) electrons. The van der Waals surface area contributed by atoms with Crippen molar-refractivity contribution in [3.8, 4) is 0 Å². The maximum Gasteiger partial charge on any atom is 0.407 e. The number of aliphatic hydroxyl groups is 4. The van der Waals surface area contributed by atoms with Gasteiger partial charge in [0.25, 0.3) is 0 Å². The van der Waals surface area contributed by atoms with E-state index in [1.54, 1.807) is 5.32 Å². The number of carbonyl (C=O) groups excluding carboxylic acids is 17. The van der Waals surface area contributed by atoms with Gasteiger partial charge in [-0.15, -0.1) is 0 Å². The molecule has 0 aromatic rings. The Morgan fingerprint density at radius 3 is 1.39 bits per heavy atom. The molecular weight excluding hydrogens is 1440 g/mol. The Morgan fingerprint density at radius 2 is 1.09 bits per heavy atom. The van der Waals surface area contributed by atoms with Crippen LogP contribution in [-0.4, -0.2) is 267 Å². The quantitative estimate of drug-likeness (QED) is 0.0238. The molecule has 556 valence electrons. The summed E-state index contributed by atoms with van der Waals surface area (Å²) >= 11 is 0. The smallest absolute Gasteiger partial charge is 0.407 e.